The molecule has 0 aliphatic heterocycles. The van der Waals surface area contributed by atoms with Crippen LogP contribution in [0.5, 0.6) is 0 Å². The predicted octanol–water partition coefficient (Wildman–Crippen LogP) is 5.11. The Morgan fingerprint density at radius 3 is 2.80 bits per heavy atom. The normalized spacial score (nSPS) is 19.4. The highest BCUT2D eigenvalue weighted by molar-refractivity contribution is 9.09. The van der Waals surface area contributed by atoms with Gasteiger partial charge in [-0.25, -0.2) is 0 Å². The number of halogens is 1. The van der Waals surface area contributed by atoms with E-state index in [1.165, 1.54) is 37.7 Å². The van der Waals surface area contributed by atoms with Crippen molar-refractivity contribution in [2.24, 2.45) is 5.92 Å². The van der Waals surface area contributed by atoms with Crippen LogP contribution in [0.4, 0.5) is 0 Å². The van der Waals surface area contributed by atoms with Crippen molar-refractivity contribution in [2.75, 3.05) is 5.33 Å². The number of hydrogen-bond acceptors (Lipinski definition) is 1. The molecular weight excluding hydrogens is 268 g/mol. The second kappa shape index (κ2) is 5.86. The van der Waals surface area contributed by atoms with Gasteiger partial charge in [-0.3, -0.25) is 0 Å². The van der Waals surface area contributed by atoms with Gasteiger partial charge in [0.05, 0.1) is 0 Å². The monoisotopic (exact) mass is 284 g/mol. The van der Waals surface area contributed by atoms with E-state index in [-0.39, 0.29) is 0 Å². The fraction of sp³-hybridized carbons (Fsp3) is 0.538. The average Bonchev–Trinajstić information content (AvgIpc) is 2.80. The van der Waals surface area contributed by atoms with Crippen LogP contribution >= 0.6 is 27.3 Å². The Labute approximate surface area is 105 Å². The zero-order chi connectivity index (χ0) is 10.5. The topological polar surface area (TPSA) is 0 Å². The molecule has 0 spiro atoms. The molecule has 0 nitrogen and oxygen atoms in total. The SMILES string of the molecule is BrCC(=Cc1ccsc1)C1CCCCC1. The highest BCUT2D eigenvalue weighted by Gasteiger charge is 2.16. The molecule has 15 heavy (non-hydrogen) atoms. The van der Waals surface area contributed by atoms with Crippen LogP contribution < -0.4 is 0 Å². The molecule has 2 heteroatoms. The third kappa shape index (κ3) is 3.18. The molecule has 1 heterocycles. The van der Waals surface area contributed by atoms with Gasteiger partial charge in [0.25, 0.3) is 0 Å². The van der Waals surface area contributed by atoms with Crippen LogP contribution in [-0.4, -0.2) is 5.33 Å². The zero-order valence-electron chi connectivity index (χ0n) is 8.92. The minimum atomic E-state index is 0.832. The molecule has 0 amide bonds. The molecular formula is C13H17BrS. The van der Waals surface area contributed by atoms with E-state index in [4.69, 9.17) is 0 Å². The second-order valence-electron chi connectivity index (χ2n) is 4.24. The van der Waals surface area contributed by atoms with E-state index in [0.717, 1.165) is 11.2 Å². The van der Waals surface area contributed by atoms with Crippen LogP contribution in [0.1, 0.15) is 37.7 Å². The summed E-state index contributed by atoms with van der Waals surface area (Å²) in [7, 11) is 0. The second-order valence-corrected chi connectivity index (χ2v) is 5.59. The molecule has 1 aromatic heterocycles. The summed E-state index contributed by atoms with van der Waals surface area (Å²) < 4.78 is 0. The molecule has 0 aromatic carbocycles. The maximum Gasteiger partial charge on any atom is 0.0247 e. The first-order valence-corrected chi connectivity index (χ1v) is 7.75. The van der Waals surface area contributed by atoms with Gasteiger partial charge in [0.1, 0.15) is 0 Å². The molecule has 0 radical (unpaired) electrons. The van der Waals surface area contributed by atoms with E-state index in [2.05, 4.69) is 38.8 Å². The van der Waals surface area contributed by atoms with Crippen molar-refractivity contribution in [2.45, 2.75) is 32.1 Å². The van der Waals surface area contributed by atoms with Gasteiger partial charge in [-0.2, -0.15) is 11.3 Å². The number of hydrogen-bond donors (Lipinski definition) is 0. The lowest BCUT2D eigenvalue weighted by Crippen LogP contribution is -2.09. The van der Waals surface area contributed by atoms with Crippen molar-refractivity contribution in [3.8, 4) is 0 Å². The van der Waals surface area contributed by atoms with Gasteiger partial charge in [0, 0.05) is 5.33 Å². The van der Waals surface area contributed by atoms with Crippen LogP contribution in [0.25, 0.3) is 6.08 Å². The molecule has 0 saturated heterocycles. The third-order valence-electron chi connectivity index (χ3n) is 3.18. The molecule has 1 aromatic rings. The van der Waals surface area contributed by atoms with Gasteiger partial charge in [0.15, 0.2) is 0 Å². The molecule has 2 rings (SSSR count). The number of thiophene rings is 1. The summed E-state index contributed by atoms with van der Waals surface area (Å²) in [5.41, 5.74) is 2.97. The summed E-state index contributed by atoms with van der Waals surface area (Å²) in [5.74, 6) is 0.832. The Hall–Kier alpha value is -0.0800. The first-order valence-electron chi connectivity index (χ1n) is 5.69. The van der Waals surface area contributed by atoms with Crippen molar-refractivity contribution in [3.63, 3.8) is 0 Å². The Morgan fingerprint density at radius 2 is 2.20 bits per heavy atom. The van der Waals surface area contributed by atoms with Gasteiger partial charge >= 0.3 is 0 Å². The lowest BCUT2D eigenvalue weighted by Gasteiger charge is -2.23. The minimum Gasteiger partial charge on any atom is -0.152 e. The fourth-order valence-electron chi connectivity index (χ4n) is 2.31. The third-order valence-corrected chi connectivity index (χ3v) is 4.53. The summed E-state index contributed by atoms with van der Waals surface area (Å²) in [6, 6.07) is 2.20. The first kappa shape index (κ1) is 11.4. The number of allylic oxidation sites excluding steroid dienone is 1. The average molecular weight is 285 g/mol. The lowest BCUT2D eigenvalue weighted by atomic mass is 9.84. The summed E-state index contributed by atoms with van der Waals surface area (Å²) in [4.78, 5) is 0. The smallest absolute Gasteiger partial charge is 0.0247 e. The summed E-state index contributed by atoms with van der Waals surface area (Å²) in [6.45, 7) is 0. The molecule has 0 unspecified atom stereocenters. The summed E-state index contributed by atoms with van der Waals surface area (Å²) in [5, 5.41) is 5.41. The standard InChI is InChI=1S/C13H17BrS/c14-9-13(8-11-6-7-15-10-11)12-4-2-1-3-5-12/h6-8,10,12H,1-5,9H2. The molecule has 0 atom stereocenters. The largest absolute Gasteiger partial charge is 0.152 e. The quantitative estimate of drug-likeness (QED) is 0.677. The molecule has 1 fully saturated rings. The zero-order valence-corrected chi connectivity index (χ0v) is 11.3. The van der Waals surface area contributed by atoms with Crippen LogP contribution in [0.3, 0.4) is 0 Å². The van der Waals surface area contributed by atoms with Crippen molar-refractivity contribution < 1.29 is 0 Å². The minimum absolute atomic E-state index is 0.832. The highest BCUT2D eigenvalue weighted by Crippen LogP contribution is 2.31. The van der Waals surface area contributed by atoms with Gasteiger partial charge in [0.2, 0.25) is 0 Å². The molecule has 82 valence electrons. The summed E-state index contributed by atoms with van der Waals surface area (Å²) in [6.07, 6.45) is 9.42. The molecule has 1 aliphatic carbocycles. The summed E-state index contributed by atoms with van der Waals surface area (Å²) >= 11 is 5.41. The van der Waals surface area contributed by atoms with Crippen LogP contribution in [-0.2, 0) is 0 Å². The Balaban J connectivity index is 2.08. The van der Waals surface area contributed by atoms with Gasteiger partial charge < -0.3 is 0 Å². The first-order chi connectivity index (χ1) is 7.40. The van der Waals surface area contributed by atoms with E-state index < -0.39 is 0 Å². The lowest BCUT2D eigenvalue weighted by molar-refractivity contribution is 0.405. The van der Waals surface area contributed by atoms with Gasteiger partial charge in [-0.1, -0.05) is 46.8 Å². The van der Waals surface area contributed by atoms with E-state index in [1.54, 1.807) is 16.9 Å². The van der Waals surface area contributed by atoms with Gasteiger partial charge in [-0.15, -0.1) is 0 Å². The van der Waals surface area contributed by atoms with Crippen molar-refractivity contribution >= 4 is 33.3 Å². The van der Waals surface area contributed by atoms with E-state index in [9.17, 15) is 0 Å². The van der Waals surface area contributed by atoms with Crippen molar-refractivity contribution in [1.29, 1.82) is 0 Å². The molecule has 0 bridgehead atoms. The van der Waals surface area contributed by atoms with E-state index in [1.807, 2.05) is 0 Å². The molecule has 0 N–H and O–H groups in total. The van der Waals surface area contributed by atoms with Crippen molar-refractivity contribution in [1.82, 2.24) is 0 Å². The van der Waals surface area contributed by atoms with E-state index >= 15 is 0 Å². The Morgan fingerprint density at radius 1 is 1.40 bits per heavy atom. The van der Waals surface area contributed by atoms with Crippen LogP contribution in [0.2, 0.25) is 0 Å². The van der Waals surface area contributed by atoms with Crippen molar-refractivity contribution in [3.05, 3.63) is 28.0 Å². The predicted molar refractivity (Wildman–Crippen MR) is 72.7 cm³/mol. The number of alkyl halides is 1. The van der Waals surface area contributed by atoms with E-state index in [0.29, 0.717) is 0 Å². The highest BCUT2D eigenvalue weighted by atomic mass is 79.9. The maximum atomic E-state index is 3.63. The molecule has 1 aliphatic rings. The number of rotatable bonds is 3. The maximum absolute atomic E-state index is 3.63. The fourth-order valence-corrected chi connectivity index (χ4v) is 3.55. The van der Waals surface area contributed by atoms with Crippen LogP contribution in [0.15, 0.2) is 22.4 Å². The Bertz CT molecular complexity index is 307. The van der Waals surface area contributed by atoms with Gasteiger partial charge in [-0.05, 0) is 41.1 Å². The Kier molecular flexibility index (Phi) is 4.45. The molecule has 1 saturated carbocycles. The van der Waals surface area contributed by atoms with Crippen LogP contribution in [0, 0.1) is 5.92 Å².